The molecular formula is C19H16F3N3O3S. The van der Waals surface area contributed by atoms with Crippen molar-refractivity contribution in [1.82, 2.24) is 0 Å². The molecule has 0 saturated carbocycles. The third-order valence-electron chi connectivity index (χ3n) is 4.62. The van der Waals surface area contributed by atoms with Gasteiger partial charge in [0.2, 0.25) is 5.91 Å². The van der Waals surface area contributed by atoms with Crippen LogP contribution < -0.4 is 15.5 Å². The number of carbonyl (C=O) groups excluding carboxylic acids is 2. The lowest BCUT2D eigenvalue weighted by atomic mass is 10.1. The lowest BCUT2D eigenvalue weighted by Crippen LogP contribution is -2.23. The number of methoxy groups -OCH3 is 1. The molecule has 10 heteroatoms. The van der Waals surface area contributed by atoms with Crippen molar-refractivity contribution in [1.29, 1.82) is 0 Å². The van der Waals surface area contributed by atoms with Crippen LogP contribution in [-0.4, -0.2) is 24.5 Å². The van der Waals surface area contributed by atoms with Crippen LogP contribution in [0, 0.1) is 0 Å². The maximum absolute atomic E-state index is 13.5. The lowest BCUT2D eigenvalue weighted by molar-refractivity contribution is -0.141. The third-order valence-corrected chi connectivity index (χ3v) is 5.84. The van der Waals surface area contributed by atoms with Gasteiger partial charge in [-0.05, 0) is 24.3 Å². The Kier molecular flexibility index (Phi) is 4.81. The molecule has 29 heavy (non-hydrogen) atoms. The van der Waals surface area contributed by atoms with Crippen molar-refractivity contribution in [3.8, 4) is 0 Å². The minimum absolute atomic E-state index is 0.0726. The van der Waals surface area contributed by atoms with Gasteiger partial charge in [0.1, 0.15) is 0 Å². The predicted molar refractivity (Wildman–Crippen MR) is 103 cm³/mol. The van der Waals surface area contributed by atoms with Crippen molar-refractivity contribution in [2.75, 3.05) is 22.6 Å². The maximum atomic E-state index is 13.5. The first-order valence-corrected chi connectivity index (χ1v) is 9.59. The molecule has 1 amide bonds. The highest BCUT2D eigenvalue weighted by Crippen LogP contribution is 2.56. The summed E-state index contributed by atoms with van der Waals surface area (Å²) >= 11 is 1.32. The zero-order valence-electron chi connectivity index (χ0n) is 15.2. The van der Waals surface area contributed by atoms with Gasteiger partial charge in [0, 0.05) is 6.42 Å². The number of amides is 1. The van der Waals surface area contributed by atoms with E-state index in [1.165, 1.54) is 18.9 Å². The molecule has 0 unspecified atom stereocenters. The number of fused-ring (bicyclic) bond motifs is 5. The van der Waals surface area contributed by atoms with Crippen LogP contribution in [0.3, 0.4) is 0 Å². The highest BCUT2D eigenvalue weighted by atomic mass is 32.2. The molecule has 2 aliphatic heterocycles. The average molecular weight is 423 g/mol. The normalized spacial score (nSPS) is 16.6. The summed E-state index contributed by atoms with van der Waals surface area (Å²) in [6.07, 6.45) is -4.91. The van der Waals surface area contributed by atoms with Gasteiger partial charge in [0.25, 0.3) is 0 Å². The zero-order valence-corrected chi connectivity index (χ0v) is 16.0. The summed E-state index contributed by atoms with van der Waals surface area (Å²) in [7, 11) is 1.20. The second-order valence-corrected chi connectivity index (χ2v) is 7.59. The number of para-hydroxylation sites is 2. The minimum Gasteiger partial charge on any atom is -0.469 e. The van der Waals surface area contributed by atoms with Gasteiger partial charge in [-0.15, -0.1) is 0 Å². The quantitative estimate of drug-likeness (QED) is 0.703. The van der Waals surface area contributed by atoms with E-state index < -0.39 is 23.6 Å². The number of ether oxygens (including phenoxy) is 1. The van der Waals surface area contributed by atoms with Crippen LogP contribution in [0.25, 0.3) is 0 Å². The first-order chi connectivity index (χ1) is 13.8. The fourth-order valence-electron chi connectivity index (χ4n) is 3.28. The Hall–Kier alpha value is -2.88. The Balaban J connectivity index is 1.70. The molecule has 0 saturated heterocycles. The molecule has 0 aliphatic carbocycles. The highest BCUT2D eigenvalue weighted by Gasteiger charge is 2.42. The van der Waals surface area contributed by atoms with Crippen molar-refractivity contribution in [2.45, 2.75) is 29.4 Å². The standard InChI is InChI=1S/C19H16F3N3O3S/c1-28-16(27)7-6-15(26)23-12-8-10(19(20,21)22)9-14-17(12)29-18-24-11-4-2-3-5-13(11)25(14)18/h2-5,8-9,18,24H,6-7H2,1H3,(H,23,26)/t18-/m1/s1. The van der Waals surface area contributed by atoms with Gasteiger partial charge in [-0.3, -0.25) is 9.59 Å². The van der Waals surface area contributed by atoms with E-state index in [0.717, 1.165) is 23.5 Å². The van der Waals surface area contributed by atoms with Crippen molar-refractivity contribution in [2.24, 2.45) is 0 Å². The molecule has 0 radical (unpaired) electrons. The number of hydrogen-bond donors (Lipinski definition) is 2. The summed E-state index contributed by atoms with van der Waals surface area (Å²) in [6, 6.07) is 9.36. The summed E-state index contributed by atoms with van der Waals surface area (Å²) in [5.41, 5.74) is 0.878. The second-order valence-electron chi connectivity index (χ2n) is 6.50. The van der Waals surface area contributed by atoms with Crippen LogP contribution in [0.1, 0.15) is 18.4 Å². The van der Waals surface area contributed by atoms with Gasteiger partial charge in [0.15, 0.2) is 5.50 Å². The fourth-order valence-corrected chi connectivity index (χ4v) is 4.54. The Labute approximate surface area is 168 Å². The largest absolute Gasteiger partial charge is 0.469 e. The molecule has 2 aromatic rings. The van der Waals surface area contributed by atoms with E-state index in [1.807, 2.05) is 24.3 Å². The summed E-state index contributed by atoms with van der Waals surface area (Å²) in [5, 5.41) is 5.79. The molecule has 0 spiro atoms. The van der Waals surface area contributed by atoms with Gasteiger partial charge in [-0.2, -0.15) is 13.2 Å². The molecule has 2 heterocycles. The van der Waals surface area contributed by atoms with E-state index >= 15 is 0 Å². The molecule has 4 rings (SSSR count). The van der Waals surface area contributed by atoms with Crippen LogP contribution >= 0.6 is 11.8 Å². The Morgan fingerprint density at radius 2 is 1.97 bits per heavy atom. The van der Waals surface area contributed by atoms with E-state index in [4.69, 9.17) is 0 Å². The first kappa shape index (κ1) is 19.4. The van der Waals surface area contributed by atoms with Gasteiger partial charge in [0.05, 0.1) is 46.7 Å². The molecular weight excluding hydrogens is 407 g/mol. The van der Waals surface area contributed by atoms with Gasteiger partial charge in [-0.1, -0.05) is 23.9 Å². The molecule has 2 aromatic carbocycles. The molecule has 6 nitrogen and oxygen atoms in total. The number of rotatable bonds is 4. The topological polar surface area (TPSA) is 70.7 Å². The Morgan fingerprint density at radius 3 is 2.69 bits per heavy atom. The molecule has 0 aromatic heterocycles. The number of esters is 1. The second kappa shape index (κ2) is 7.18. The molecule has 2 aliphatic rings. The number of alkyl halides is 3. The van der Waals surface area contributed by atoms with E-state index in [2.05, 4.69) is 15.4 Å². The Bertz CT molecular complexity index is 996. The summed E-state index contributed by atoms with van der Waals surface area (Å²) in [6.45, 7) is 0. The van der Waals surface area contributed by atoms with Gasteiger partial charge >= 0.3 is 12.1 Å². The third kappa shape index (κ3) is 3.59. The number of benzene rings is 2. The van der Waals surface area contributed by atoms with Gasteiger partial charge in [-0.25, -0.2) is 0 Å². The first-order valence-electron chi connectivity index (χ1n) is 8.71. The highest BCUT2D eigenvalue weighted by molar-refractivity contribution is 8.00. The van der Waals surface area contributed by atoms with Crippen LogP contribution in [0.15, 0.2) is 41.3 Å². The number of halogens is 3. The van der Waals surface area contributed by atoms with E-state index in [-0.39, 0.29) is 24.0 Å². The van der Waals surface area contributed by atoms with E-state index in [9.17, 15) is 22.8 Å². The lowest BCUT2D eigenvalue weighted by Gasteiger charge is -2.20. The molecule has 152 valence electrons. The fraction of sp³-hybridized carbons (Fsp3) is 0.263. The SMILES string of the molecule is COC(=O)CCC(=O)Nc1cc(C(F)(F)F)cc2c1S[C@@H]1Nc3ccccc3N21. The number of thioether (sulfide) groups is 1. The minimum atomic E-state index is -4.57. The average Bonchev–Trinajstić information content (AvgIpc) is 3.21. The van der Waals surface area contributed by atoms with Crippen LogP contribution in [-0.2, 0) is 20.5 Å². The molecule has 0 fully saturated rings. The Morgan fingerprint density at radius 1 is 1.21 bits per heavy atom. The summed E-state index contributed by atoms with van der Waals surface area (Å²) in [4.78, 5) is 25.7. The summed E-state index contributed by atoms with van der Waals surface area (Å²) in [5.74, 6) is -1.12. The molecule has 2 N–H and O–H groups in total. The number of nitrogens with one attached hydrogen (secondary N) is 2. The van der Waals surface area contributed by atoms with Crippen molar-refractivity contribution >= 4 is 46.4 Å². The number of nitrogens with zero attached hydrogens (tertiary/aromatic N) is 1. The molecule has 0 bridgehead atoms. The molecule has 1 atom stereocenters. The monoisotopic (exact) mass is 423 g/mol. The van der Waals surface area contributed by atoms with Crippen molar-refractivity contribution < 1.29 is 27.5 Å². The summed E-state index contributed by atoms with van der Waals surface area (Å²) < 4.78 is 45.0. The predicted octanol–water partition coefficient (Wildman–Crippen LogP) is 4.55. The van der Waals surface area contributed by atoms with Crippen LogP contribution in [0.2, 0.25) is 0 Å². The zero-order chi connectivity index (χ0) is 20.8. The number of anilines is 4. The van der Waals surface area contributed by atoms with Gasteiger partial charge < -0.3 is 20.3 Å². The van der Waals surface area contributed by atoms with Crippen molar-refractivity contribution in [3.63, 3.8) is 0 Å². The van der Waals surface area contributed by atoms with E-state index in [1.54, 1.807) is 4.90 Å². The van der Waals surface area contributed by atoms with Crippen LogP contribution in [0.4, 0.5) is 35.9 Å². The maximum Gasteiger partial charge on any atom is 0.416 e. The number of hydrogen-bond acceptors (Lipinski definition) is 6. The van der Waals surface area contributed by atoms with E-state index in [0.29, 0.717) is 10.6 Å². The number of carbonyl (C=O) groups is 2. The van der Waals surface area contributed by atoms with Crippen molar-refractivity contribution in [3.05, 3.63) is 42.0 Å². The van der Waals surface area contributed by atoms with Crippen LogP contribution in [0.5, 0.6) is 0 Å². The smallest absolute Gasteiger partial charge is 0.416 e.